The van der Waals surface area contributed by atoms with E-state index in [9.17, 15) is 9.59 Å². The van der Waals surface area contributed by atoms with Gasteiger partial charge in [-0.3, -0.25) is 9.59 Å². The lowest BCUT2D eigenvalue weighted by Crippen LogP contribution is -2.18. The van der Waals surface area contributed by atoms with E-state index in [1.54, 1.807) is 6.92 Å². The van der Waals surface area contributed by atoms with Crippen molar-refractivity contribution >= 4 is 11.9 Å². The Balaban J connectivity index is 3.16. The summed E-state index contributed by atoms with van der Waals surface area (Å²) in [6, 6.07) is 0. The van der Waals surface area contributed by atoms with Crippen LogP contribution in [-0.2, 0) is 14.3 Å². The van der Waals surface area contributed by atoms with Crippen LogP contribution < -0.4 is 0 Å². The highest BCUT2D eigenvalue weighted by atomic mass is 16.5. The number of carbonyl (C=O) groups excluding carboxylic acids is 1. The fourth-order valence-corrected chi connectivity index (χ4v) is 3.71. The van der Waals surface area contributed by atoms with Crippen molar-refractivity contribution in [3.8, 4) is 0 Å². The summed E-state index contributed by atoms with van der Waals surface area (Å²) in [5, 5.41) is 8.75. The molecule has 0 spiro atoms. The maximum absolute atomic E-state index is 11.5. The van der Waals surface area contributed by atoms with Crippen molar-refractivity contribution in [3.05, 3.63) is 0 Å². The Kier molecular flexibility index (Phi) is 21.8. The monoisotopic (exact) mass is 426 g/mol. The lowest BCUT2D eigenvalue weighted by atomic mass is 10.0. The molecule has 0 saturated heterocycles. The van der Waals surface area contributed by atoms with Gasteiger partial charge < -0.3 is 9.84 Å². The largest absolute Gasteiger partial charge is 0.481 e. The van der Waals surface area contributed by atoms with Gasteiger partial charge in [0.15, 0.2) is 0 Å². The Labute approximate surface area is 186 Å². The molecule has 0 heterocycles. The summed E-state index contributed by atoms with van der Waals surface area (Å²) in [7, 11) is 0. The molecule has 178 valence electrons. The molecule has 1 unspecified atom stereocenters. The van der Waals surface area contributed by atoms with Gasteiger partial charge in [0, 0.05) is 6.42 Å². The molecule has 0 aromatic heterocycles. The van der Waals surface area contributed by atoms with Crippen molar-refractivity contribution in [2.24, 2.45) is 5.92 Å². The van der Waals surface area contributed by atoms with E-state index in [1.165, 1.54) is 109 Å². The van der Waals surface area contributed by atoms with Crippen molar-refractivity contribution in [2.75, 3.05) is 6.61 Å². The fourth-order valence-electron chi connectivity index (χ4n) is 3.71. The standard InChI is InChI=1S/C26H50O4/c1-3-4-5-6-7-8-9-10-11-12-13-14-15-16-17-18-19-20-21-22-25(27)30-23-24(2)26(28)29/h24H,3-23H2,1-2H3,(H,28,29). The summed E-state index contributed by atoms with van der Waals surface area (Å²) in [5.74, 6) is -1.82. The zero-order chi connectivity index (χ0) is 22.3. The highest BCUT2D eigenvalue weighted by molar-refractivity contribution is 5.72. The summed E-state index contributed by atoms with van der Waals surface area (Å²) < 4.78 is 4.98. The number of hydrogen-bond donors (Lipinski definition) is 1. The number of unbranched alkanes of at least 4 members (excludes halogenated alkanes) is 18. The fraction of sp³-hybridized carbons (Fsp3) is 0.923. The molecule has 0 saturated carbocycles. The van der Waals surface area contributed by atoms with Crippen LogP contribution >= 0.6 is 0 Å². The molecule has 0 amide bonds. The predicted molar refractivity (Wildman–Crippen MR) is 126 cm³/mol. The van der Waals surface area contributed by atoms with Crippen LogP contribution in [0.2, 0.25) is 0 Å². The van der Waals surface area contributed by atoms with Crippen molar-refractivity contribution in [2.45, 2.75) is 142 Å². The maximum Gasteiger partial charge on any atom is 0.309 e. The number of carboxylic acids is 1. The molecule has 30 heavy (non-hydrogen) atoms. The third-order valence-corrected chi connectivity index (χ3v) is 5.90. The van der Waals surface area contributed by atoms with Crippen LogP contribution in [0.1, 0.15) is 142 Å². The van der Waals surface area contributed by atoms with Crippen LogP contribution in [0.15, 0.2) is 0 Å². The van der Waals surface area contributed by atoms with Crippen LogP contribution in [0.5, 0.6) is 0 Å². The molecule has 0 aliphatic rings. The molecule has 0 aliphatic carbocycles. The highest BCUT2D eigenvalue weighted by Crippen LogP contribution is 2.15. The Morgan fingerprint density at radius 3 is 1.30 bits per heavy atom. The van der Waals surface area contributed by atoms with Gasteiger partial charge in [-0.1, -0.05) is 122 Å². The van der Waals surface area contributed by atoms with E-state index in [0.29, 0.717) is 6.42 Å². The SMILES string of the molecule is CCCCCCCCCCCCCCCCCCCCCC(=O)OCC(C)C(=O)O. The molecule has 0 rings (SSSR count). The number of hydrogen-bond acceptors (Lipinski definition) is 3. The molecule has 0 bridgehead atoms. The first-order chi connectivity index (χ1) is 14.6. The minimum Gasteiger partial charge on any atom is -0.481 e. The second-order valence-corrected chi connectivity index (χ2v) is 9.04. The molecule has 1 N–H and O–H groups in total. The smallest absolute Gasteiger partial charge is 0.309 e. The normalized spacial score (nSPS) is 12.1. The van der Waals surface area contributed by atoms with E-state index in [4.69, 9.17) is 9.84 Å². The van der Waals surface area contributed by atoms with Crippen LogP contribution in [0, 0.1) is 5.92 Å². The highest BCUT2D eigenvalue weighted by Gasteiger charge is 2.13. The van der Waals surface area contributed by atoms with E-state index in [2.05, 4.69) is 6.92 Å². The first-order valence-corrected chi connectivity index (χ1v) is 13.0. The molecule has 0 aliphatic heterocycles. The summed E-state index contributed by atoms with van der Waals surface area (Å²) in [5.41, 5.74) is 0. The van der Waals surface area contributed by atoms with E-state index >= 15 is 0 Å². The molecule has 4 heteroatoms. The van der Waals surface area contributed by atoms with Gasteiger partial charge in [-0.2, -0.15) is 0 Å². The van der Waals surface area contributed by atoms with E-state index < -0.39 is 11.9 Å². The van der Waals surface area contributed by atoms with Gasteiger partial charge in [-0.05, 0) is 13.3 Å². The molecular formula is C26H50O4. The van der Waals surface area contributed by atoms with Gasteiger partial charge in [-0.15, -0.1) is 0 Å². The minimum atomic E-state index is -0.925. The number of esters is 1. The summed E-state index contributed by atoms with van der Waals surface area (Å²) in [4.78, 5) is 22.2. The Hall–Kier alpha value is -1.06. The van der Waals surface area contributed by atoms with E-state index in [-0.39, 0.29) is 12.6 Å². The third-order valence-electron chi connectivity index (χ3n) is 5.90. The van der Waals surface area contributed by atoms with Crippen molar-refractivity contribution in [3.63, 3.8) is 0 Å². The second kappa shape index (κ2) is 22.6. The number of aliphatic carboxylic acids is 1. The van der Waals surface area contributed by atoms with E-state index in [0.717, 1.165) is 12.8 Å². The zero-order valence-corrected chi connectivity index (χ0v) is 20.1. The Morgan fingerprint density at radius 2 is 0.967 bits per heavy atom. The first-order valence-electron chi connectivity index (χ1n) is 13.0. The third kappa shape index (κ3) is 21.6. The zero-order valence-electron chi connectivity index (χ0n) is 20.1. The lowest BCUT2D eigenvalue weighted by Gasteiger charge is -2.07. The van der Waals surface area contributed by atoms with Gasteiger partial charge in [0.2, 0.25) is 0 Å². The van der Waals surface area contributed by atoms with Gasteiger partial charge in [0.05, 0.1) is 5.92 Å². The molecule has 0 fully saturated rings. The van der Waals surface area contributed by atoms with Gasteiger partial charge in [-0.25, -0.2) is 0 Å². The molecular weight excluding hydrogens is 376 g/mol. The molecule has 4 nitrogen and oxygen atoms in total. The Bertz CT molecular complexity index is 394. The van der Waals surface area contributed by atoms with Crippen LogP contribution in [0.3, 0.4) is 0 Å². The molecule has 0 aromatic rings. The summed E-state index contributed by atoms with van der Waals surface area (Å²) >= 11 is 0. The molecule has 0 radical (unpaired) electrons. The number of ether oxygens (including phenoxy) is 1. The van der Waals surface area contributed by atoms with Crippen molar-refractivity contribution < 1.29 is 19.4 Å². The first kappa shape index (κ1) is 28.9. The average Bonchev–Trinajstić information content (AvgIpc) is 2.73. The van der Waals surface area contributed by atoms with Gasteiger partial charge in [0.25, 0.3) is 0 Å². The Morgan fingerprint density at radius 1 is 0.633 bits per heavy atom. The minimum absolute atomic E-state index is 0.0205. The molecule has 1 atom stereocenters. The van der Waals surface area contributed by atoms with Crippen LogP contribution in [-0.4, -0.2) is 23.7 Å². The van der Waals surface area contributed by atoms with Crippen LogP contribution in [0.25, 0.3) is 0 Å². The summed E-state index contributed by atoms with van der Waals surface area (Å²) in [6.45, 7) is 3.81. The predicted octanol–water partition coefficient (Wildman–Crippen LogP) is 8.07. The number of carboxylic acid groups (broad SMARTS) is 1. The lowest BCUT2D eigenvalue weighted by molar-refractivity contribution is -0.150. The van der Waals surface area contributed by atoms with Crippen molar-refractivity contribution in [1.82, 2.24) is 0 Å². The van der Waals surface area contributed by atoms with Gasteiger partial charge >= 0.3 is 11.9 Å². The number of carbonyl (C=O) groups is 2. The van der Waals surface area contributed by atoms with Crippen LogP contribution in [0.4, 0.5) is 0 Å². The van der Waals surface area contributed by atoms with E-state index in [1.807, 2.05) is 0 Å². The maximum atomic E-state index is 11.5. The quantitative estimate of drug-likeness (QED) is 0.132. The molecule has 0 aromatic carbocycles. The second-order valence-electron chi connectivity index (χ2n) is 9.04. The number of rotatable bonds is 23. The van der Waals surface area contributed by atoms with Crippen molar-refractivity contribution in [1.29, 1.82) is 0 Å². The van der Waals surface area contributed by atoms with Gasteiger partial charge in [0.1, 0.15) is 6.61 Å². The topological polar surface area (TPSA) is 63.6 Å². The average molecular weight is 427 g/mol. The summed E-state index contributed by atoms with van der Waals surface area (Å²) in [6.07, 6.45) is 25.7.